The largest absolute Gasteiger partial charge is 0.344 e. The lowest BCUT2D eigenvalue weighted by molar-refractivity contribution is -0.128. The Morgan fingerprint density at radius 1 is 1.67 bits per heavy atom. The number of carbonyl (C=O) groups is 2. The molecule has 2 amide bonds. The summed E-state index contributed by atoms with van der Waals surface area (Å²) in [4.78, 5) is 29.3. The van der Waals surface area contributed by atoms with E-state index in [4.69, 9.17) is 5.73 Å². The zero-order valence-electron chi connectivity index (χ0n) is 10.2. The molecule has 0 spiro atoms. The Bertz CT molecular complexity index is 475. The smallest absolute Gasteiger partial charge is 0.252 e. The Kier molecular flexibility index (Phi) is 3.57. The lowest BCUT2D eigenvalue weighted by atomic mass is 10.2. The van der Waals surface area contributed by atoms with Crippen LogP contribution in [0.5, 0.6) is 0 Å². The molecule has 1 aliphatic heterocycles. The van der Waals surface area contributed by atoms with Crippen molar-refractivity contribution in [2.24, 2.45) is 5.73 Å². The number of rotatable bonds is 3. The lowest BCUT2D eigenvalue weighted by Crippen LogP contribution is -2.40. The van der Waals surface area contributed by atoms with Crippen LogP contribution in [0.3, 0.4) is 0 Å². The Morgan fingerprint density at radius 2 is 2.44 bits per heavy atom. The molecule has 0 bridgehead atoms. The van der Waals surface area contributed by atoms with E-state index >= 15 is 0 Å². The Hall–Kier alpha value is -1.95. The van der Waals surface area contributed by atoms with Gasteiger partial charge in [0.25, 0.3) is 5.91 Å². The van der Waals surface area contributed by atoms with Gasteiger partial charge in [-0.1, -0.05) is 0 Å². The molecule has 0 saturated carbocycles. The number of likely N-dealkylation sites (tertiary alicyclic amines) is 1. The predicted molar refractivity (Wildman–Crippen MR) is 65.6 cm³/mol. The zero-order valence-corrected chi connectivity index (χ0v) is 10.2. The highest BCUT2D eigenvalue weighted by atomic mass is 16.2. The maximum absolute atomic E-state index is 12.0. The minimum absolute atomic E-state index is 0.0449. The second-order valence-electron chi connectivity index (χ2n) is 4.31. The highest BCUT2D eigenvalue weighted by Crippen LogP contribution is 2.10. The normalized spacial score (nSPS) is 19.1. The van der Waals surface area contributed by atoms with E-state index in [1.165, 1.54) is 0 Å². The summed E-state index contributed by atoms with van der Waals surface area (Å²) in [5.41, 5.74) is 6.60. The molecule has 0 radical (unpaired) electrons. The number of pyridine rings is 1. The summed E-state index contributed by atoms with van der Waals surface area (Å²) in [5.74, 6) is -0.308. The first-order valence-corrected chi connectivity index (χ1v) is 5.82. The van der Waals surface area contributed by atoms with Gasteiger partial charge >= 0.3 is 0 Å². The number of aromatic nitrogens is 1. The second kappa shape index (κ2) is 5.14. The highest BCUT2D eigenvalue weighted by Gasteiger charge is 2.30. The Balaban J connectivity index is 2.05. The number of nitrogens with zero attached hydrogens (tertiary/aromatic N) is 2. The number of nitrogens with one attached hydrogen (secondary N) is 1. The molecule has 1 aromatic heterocycles. The fraction of sp³-hybridized carbons (Fsp3) is 0.417. The van der Waals surface area contributed by atoms with Gasteiger partial charge in [-0.2, -0.15) is 0 Å². The average Bonchev–Trinajstić information content (AvgIpc) is 2.71. The number of hydrogen-bond donors (Lipinski definition) is 2. The van der Waals surface area contributed by atoms with E-state index in [0.717, 1.165) is 0 Å². The summed E-state index contributed by atoms with van der Waals surface area (Å²) >= 11 is 0. The number of hydrogen-bond acceptors (Lipinski definition) is 4. The fourth-order valence-corrected chi connectivity index (χ4v) is 1.93. The van der Waals surface area contributed by atoms with Crippen molar-refractivity contribution < 1.29 is 9.59 Å². The maximum atomic E-state index is 12.0. The molecule has 0 aromatic carbocycles. The summed E-state index contributed by atoms with van der Waals surface area (Å²) in [6.07, 6.45) is 2.19. The molecule has 6 nitrogen and oxygen atoms in total. The van der Waals surface area contributed by atoms with E-state index in [2.05, 4.69) is 10.3 Å². The number of nitrogens with two attached hydrogens (primary N) is 1. The van der Waals surface area contributed by atoms with E-state index in [0.29, 0.717) is 24.2 Å². The summed E-state index contributed by atoms with van der Waals surface area (Å²) in [5, 5.41) is 2.73. The van der Waals surface area contributed by atoms with E-state index in [1.54, 1.807) is 30.3 Å². The SMILES string of the molecule is CN1CCC(NC(=O)c2ccnc(CN)c2)C1=O. The first kappa shape index (κ1) is 12.5. The van der Waals surface area contributed by atoms with Gasteiger partial charge in [0, 0.05) is 31.9 Å². The summed E-state index contributed by atoms with van der Waals surface area (Å²) in [6, 6.07) is 2.83. The van der Waals surface area contributed by atoms with Gasteiger partial charge in [0.1, 0.15) is 6.04 Å². The van der Waals surface area contributed by atoms with Crippen LogP contribution in [0, 0.1) is 0 Å². The van der Waals surface area contributed by atoms with Gasteiger partial charge in [-0.05, 0) is 18.6 Å². The van der Waals surface area contributed by atoms with Crippen molar-refractivity contribution in [3.63, 3.8) is 0 Å². The third-order valence-corrected chi connectivity index (χ3v) is 3.02. The topological polar surface area (TPSA) is 88.3 Å². The Morgan fingerprint density at radius 3 is 3.06 bits per heavy atom. The first-order valence-electron chi connectivity index (χ1n) is 5.82. The molecule has 1 saturated heterocycles. The predicted octanol–water partition coefficient (Wildman–Crippen LogP) is -0.499. The first-order chi connectivity index (χ1) is 8.61. The molecule has 1 atom stereocenters. The minimum atomic E-state index is -0.419. The third kappa shape index (κ3) is 2.48. The van der Waals surface area contributed by atoms with Crippen molar-refractivity contribution in [3.05, 3.63) is 29.6 Å². The van der Waals surface area contributed by atoms with Gasteiger partial charge in [0.05, 0.1) is 5.69 Å². The van der Waals surface area contributed by atoms with Gasteiger partial charge in [-0.15, -0.1) is 0 Å². The minimum Gasteiger partial charge on any atom is -0.344 e. The number of likely N-dealkylation sites (N-methyl/N-ethyl adjacent to an activating group) is 1. The van der Waals surface area contributed by atoms with Gasteiger partial charge in [-0.3, -0.25) is 14.6 Å². The van der Waals surface area contributed by atoms with E-state index in [-0.39, 0.29) is 18.4 Å². The van der Waals surface area contributed by atoms with Gasteiger partial charge in [-0.25, -0.2) is 0 Å². The van der Waals surface area contributed by atoms with Crippen LogP contribution in [0.15, 0.2) is 18.3 Å². The van der Waals surface area contributed by atoms with Crippen molar-refractivity contribution >= 4 is 11.8 Å². The molecule has 1 unspecified atom stereocenters. The molecule has 2 rings (SSSR count). The molecular formula is C12H16N4O2. The van der Waals surface area contributed by atoms with Crippen LogP contribution < -0.4 is 11.1 Å². The van der Waals surface area contributed by atoms with Crippen LogP contribution in [-0.4, -0.2) is 41.3 Å². The maximum Gasteiger partial charge on any atom is 0.252 e. The lowest BCUT2D eigenvalue weighted by Gasteiger charge is -2.12. The second-order valence-corrected chi connectivity index (χ2v) is 4.31. The summed E-state index contributed by atoms with van der Waals surface area (Å²) < 4.78 is 0. The zero-order chi connectivity index (χ0) is 13.1. The molecular weight excluding hydrogens is 232 g/mol. The number of amides is 2. The van der Waals surface area contributed by atoms with Crippen molar-refractivity contribution in [1.82, 2.24) is 15.2 Å². The van der Waals surface area contributed by atoms with Crippen molar-refractivity contribution in [3.8, 4) is 0 Å². The quantitative estimate of drug-likeness (QED) is 0.755. The molecule has 6 heteroatoms. The van der Waals surface area contributed by atoms with E-state index in [1.807, 2.05) is 0 Å². The Labute approximate surface area is 105 Å². The van der Waals surface area contributed by atoms with Crippen LogP contribution in [-0.2, 0) is 11.3 Å². The molecule has 1 fully saturated rings. The molecule has 3 N–H and O–H groups in total. The van der Waals surface area contributed by atoms with E-state index < -0.39 is 6.04 Å². The monoisotopic (exact) mass is 248 g/mol. The van der Waals surface area contributed by atoms with E-state index in [9.17, 15) is 9.59 Å². The fourth-order valence-electron chi connectivity index (χ4n) is 1.93. The molecule has 1 aliphatic rings. The standard InChI is InChI=1S/C12H16N4O2/c1-16-5-3-10(12(16)18)15-11(17)8-2-4-14-9(6-8)7-13/h2,4,6,10H,3,5,7,13H2,1H3,(H,15,17). The van der Waals surface area contributed by atoms with Crippen molar-refractivity contribution in [2.75, 3.05) is 13.6 Å². The summed E-state index contributed by atoms with van der Waals surface area (Å²) in [7, 11) is 1.73. The van der Waals surface area contributed by atoms with Crippen LogP contribution in [0.1, 0.15) is 22.5 Å². The molecule has 2 heterocycles. The molecule has 1 aromatic rings. The van der Waals surface area contributed by atoms with Crippen LogP contribution in [0.2, 0.25) is 0 Å². The number of carbonyl (C=O) groups excluding carboxylic acids is 2. The van der Waals surface area contributed by atoms with Crippen molar-refractivity contribution in [2.45, 2.75) is 19.0 Å². The molecule has 18 heavy (non-hydrogen) atoms. The van der Waals surface area contributed by atoms with Gasteiger partial charge in [0.15, 0.2) is 0 Å². The average molecular weight is 248 g/mol. The third-order valence-electron chi connectivity index (χ3n) is 3.02. The van der Waals surface area contributed by atoms with Crippen molar-refractivity contribution in [1.29, 1.82) is 0 Å². The molecule has 96 valence electrons. The van der Waals surface area contributed by atoms with Gasteiger partial charge in [0.2, 0.25) is 5.91 Å². The summed E-state index contributed by atoms with van der Waals surface area (Å²) in [6.45, 7) is 0.959. The highest BCUT2D eigenvalue weighted by molar-refractivity contribution is 5.98. The van der Waals surface area contributed by atoms with Crippen LogP contribution in [0.25, 0.3) is 0 Å². The molecule has 0 aliphatic carbocycles. The van der Waals surface area contributed by atoms with Gasteiger partial charge < -0.3 is 16.0 Å². The van der Waals surface area contributed by atoms with Crippen LogP contribution >= 0.6 is 0 Å². The van der Waals surface area contributed by atoms with Crippen LogP contribution in [0.4, 0.5) is 0 Å².